The summed E-state index contributed by atoms with van der Waals surface area (Å²) in [5.41, 5.74) is 7.69. The van der Waals surface area contributed by atoms with Crippen molar-refractivity contribution >= 4 is 5.69 Å². The molecule has 0 radical (unpaired) electrons. The molecule has 82 valence electrons. The lowest BCUT2D eigenvalue weighted by atomic mass is 10.2. The molecule has 1 heterocycles. The minimum absolute atomic E-state index is 0.241. The van der Waals surface area contributed by atoms with Gasteiger partial charge in [0.15, 0.2) is 0 Å². The maximum atomic E-state index is 5.84. The number of hydrogen-bond acceptors (Lipinski definition) is 3. The maximum absolute atomic E-state index is 5.84. The van der Waals surface area contributed by atoms with Gasteiger partial charge in [-0.05, 0) is 37.5 Å². The van der Waals surface area contributed by atoms with Gasteiger partial charge < -0.3 is 15.2 Å². The first-order valence-electron chi connectivity index (χ1n) is 5.36. The minimum Gasteiger partial charge on any atom is -0.489 e. The molecular weight excluding hydrogens is 190 g/mol. The second-order valence-electron chi connectivity index (χ2n) is 3.99. The highest BCUT2D eigenvalue weighted by Crippen LogP contribution is 2.23. The molecule has 0 saturated carbocycles. The molecular formula is C12H17NO2. The molecule has 0 spiro atoms. The Kier molecular flexibility index (Phi) is 3.11. The topological polar surface area (TPSA) is 44.5 Å². The number of hydrogen-bond donors (Lipinski definition) is 1. The molecule has 1 aromatic rings. The number of anilines is 1. The van der Waals surface area contributed by atoms with Gasteiger partial charge in [0, 0.05) is 6.61 Å². The third kappa shape index (κ3) is 2.63. The lowest BCUT2D eigenvalue weighted by molar-refractivity contribution is 0.0682. The SMILES string of the molecule is Cc1ccc(OCC2CCCO2)c(N)c1. The van der Waals surface area contributed by atoms with Crippen molar-refractivity contribution in [3.8, 4) is 5.75 Å². The van der Waals surface area contributed by atoms with Gasteiger partial charge in [0.05, 0.1) is 11.8 Å². The van der Waals surface area contributed by atoms with Gasteiger partial charge in [-0.2, -0.15) is 0 Å². The second kappa shape index (κ2) is 4.53. The maximum Gasteiger partial charge on any atom is 0.142 e. The summed E-state index contributed by atoms with van der Waals surface area (Å²) in [4.78, 5) is 0. The van der Waals surface area contributed by atoms with Crippen molar-refractivity contribution < 1.29 is 9.47 Å². The molecule has 1 atom stereocenters. The van der Waals surface area contributed by atoms with E-state index in [1.807, 2.05) is 25.1 Å². The molecule has 15 heavy (non-hydrogen) atoms. The fourth-order valence-electron chi connectivity index (χ4n) is 1.76. The summed E-state index contributed by atoms with van der Waals surface area (Å²) in [5.74, 6) is 0.760. The quantitative estimate of drug-likeness (QED) is 0.772. The Morgan fingerprint density at radius 2 is 2.40 bits per heavy atom. The van der Waals surface area contributed by atoms with Crippen LogP contribution in [0.15, 0.2) is 18.2 Å². The molecule has 3 nitrogen and oxygen atoms in total. The number of rotatable bonds is 3. The van der Waals surface area contributed by atoms with E-state index in [0.717, 1.165) is 30.8 Å². The molecule has 1 fully saturated rings. The minimum atomic E-state index is 0.241. The molecule has 0 bridgehead atoms. The zero-order valence-electron chi connectivity index (χ0n) is 9.03. The van der Waals surface area contributed by atoms with Gasteiger partial charge in [-0.15, -0.1) is 0 Å². The molecule has 1 saturated heterocycles. The van der Waals surface area contributed by atoms with Gasteiger partial charge in [0.1, 0.15) is 12.4 Å². The summed E-state index contributed by atoms with van der Waals surface area (Å²) < 4.78 is 11.1. The van der Waals surface area contributed by atoms with E-state index in [2.05, 4.69) is 0 Å². The molecule has 3 heteroatoms. The average molecular weight is 207 g/mol. The number of ether oxygens (including phenoxy) is 2. The third-order valence-electron chi connectivity index (χ3n) is 2.61. The summed E-state index contributed by atoms with van der Waals surface area (Å²) in [6.07, 6.45) is 2.47. The first-order chi connectivity index (χ1) is 7.25. The van der Waals surface area contributed by atoms with Gasteiger partial charge in [-0.3, -0.25) is 0 Å². The normalized spacial score (nSPS) is 20.5. The van der Waals surface area contributed by atoms with Crippen molar-refractivity contribution in [1.82, 2.24) is 0 Å². The molecule has 0 aliphatic carbocycles. The van der Waals surface area contributed by atoms with Crippen molar-refractivity contribution in [3.63, 3.8) is 0 Å². The molecule has 2 rings (SSSR count). The average Bonchev–Trinajstić information content (AvgIpc) is 2.69. The van der Waals surface area contributed by atoms with Crippen LogP contribution in [0.3, 0.4) is 0 Å². The van der Waals surface area contributed by atoms with Crippen molar-refractivity contribution in [2.75, 3.05) is 18.9 Å². The van der Waals surface area contributed by atoms with Gasteiger partial charge in [0.25, 0.3) is 0 Å². The fourth-order valence-corrected chi connectivity index (χ4v) is 1.76. The summed E-state index contributed by atoms with van der Waals surface area (Å²) in [6, 6.07) is 5.84. The first kappa shape index (κ1) is 10.3. The highest BCUT2D eigenvalue weighted by Gasteiger charge is 2.16. The smallest absolute Gasteiger partial charge is 0.142 e. The predicted molar refractivity (Wildman–Crippen MR) is 60.1 cm³/mol. The Morgan fingerprint density at radius 3 is 3.07 bits per heavy atom. The monoisotopic (exact) mass is 207 g/mol. The van der Waals surface area contributed by atoms with Crippen LogP contribution in [0.1, 0.15) is 18.4 Å². The van der Waals surface area contributed by atoms with E-state index >= 15 is 0 Å². The van der Waals surface area contributed by atoms with Crippen LogP contribution in [0, 0.1) is 6.92 Å². The van der Waals surface area contributed by atoms with Gasteiger partial charge in [-0.1, -0.05) is 6.07 Å². The first-order valence-corrected chi connectivity index (χ1v) is 5.36. The second-order valence-corrected chi connectivity index (χ2v) is 3.99. The van der Waals surface area contributed by atoms with E-state index < -0.39 is 0 Å². The molecule has 0 amide bonds. The van der Waals surface area contributed by atoms with E-state index in [1.54, 1.807) is 0 Å². The highest BCUT2D eigenvalue weighted by molar-refractivity contribution is 5.53. The summed E-state index contributed by atoms with van der Waals surface area (Å²) >= 11 is 0. The largest absolute Gasteiger partial charge is 0.489 e. The van der Waals surface area contributed by atoms with Crippen LogP contribution in [-0.4, -0.2) is 19.3 Å². The van der Waals surface area contributed by atoms with Gasteiger partial charge >= 0.3 is 0 Å². The lowest BCUT2D eigenvalue weighted by Crippen LogP contribution is -2.16. The standard InChI is InChI=1S/C12H17NO2/c1-9-4-5-12(11(13)7-9)15-8-10-3-2-6-14-10/h4-5,7,10H,2-3,6,8,13H2,1H3. The van der Waals surface area contributed by atoms with Crippen molar-refractivity contribution in [2.24, 2.45) is 0 Å². The zero-order chi connectivity index (χ0) is 10.7. The molecule has 1 aliphatic rings. The molecule has 1 aliphatic heterocycles. The number of aryl methyl sites for hydroxylation is 1. The predicted octanol–water partition coefficient (Wildman–Crippen LogP) is 2.14. The fraction of sp³-hybridized carbons (Fsp3) is 0.500. The van der Waals surface area contributed by atoms with E-state index in [-0.39, 0.29) is 6.10 Å². The van der Waals surface area contributed by atoms with Crippen LogP contribution in [0.25, 0.3) is 0 Å². The van der Waals surface area contributed by atoms with Crippen molar-refractivity contribution in [2.45, 2.75) is 25.9 Å². The van der Waals surface area contributed by atoms with Crippen LogP contribution >= 0.6 is 0 Å². The molecule has 2 N–H and O–H groups in total. The Balaban J connectivity index is 1.92. The Bertz CT molecular complexity index is 332. The van der Waals surface area contributed by atoms with Crippen LogP contribution in [-0.2, 0) is 4.74 Å². The van der Waals surface area contributed by atoms with Crippen LogP contribution in [0.5, 0.6) is 5.75 Å². The summed E-state index contributed by atoms with van der Waals surface area (Å²) in [6.45, 7) is 3.48. The summed E-state index contributed by atoms with van der Waals surface area (Å²) in [5, 5.41) is 0. The van der Waals surface area contributed by atoms with Crippen LogP contribution < -0.4 is 10.5 Å². The number of nitrogens with two attached hydrogens (primary N) is 1. The Hall–Kier alpha value is -1.22. The number of nitrogen functional groups attached to an aromatic ring is 1. The summed E-state index contributed by atoms with van der Waals surface area (Å²) in [7, 11) is 0. The van der Waals surface area contributed by atoms with E-state index in [4.69, 9.17) is 15.2 Å². The molecule has 0 aromatic heterocycles. The molecule has 1 unspecified atom stereocenters. The van der Waals surface area contributed by atoms with Gasteiger partial charge in [-0.25, -0.2) is 0 Å². The number of benzene rings is 1. The van der Waals surface area contributed by atoms with Crippen LogP contribution in [0.2, 0.25) is 0 Å². The zero-order valence-corrected chi connectivity index (χ0v) is 9.03. The molecule has 1 aromatic carbocycles. The van der Waals surface area contributed by atoms with Crippen LogP contribution in [0.4, 0.5) is 5.69 Å². The van der Waals surface area contributed by atoms with Crippen molar-refractivity contribution in [1.29, 1.82) is 0 Å². The highest BCUT2D eigenvalue weighted by atomic mass is 16.5. The van der Waals surface area contributed by atoms with Crippen molar-refractivity contribution in [3.05, 3.63) is 23.8 Å². The third-order valence-corrected chi connectivity index (χ3v) is 2.61. The van der Waals surface area contributed by atoms with E-state index in [9.17, 15) is 0 Å². The lowest BCUT2D eigenvalue weighted by Gasteiger charge is -2.13. The van der Waals surface area contributed by atoms with Gasteiger partial charge in [0.2, 0.25) is 0 Å². The Morgan fingerprint density at radius 1 is 1.53 bits per heavy atom. The van der Waals surface area contributed by atoms with E-state index in [1.165, 1.54) is 0 Å². The van der Waals surface area contributed by atoms with E-state index in [0.29, 0.717) is 12.3 Å². The Labute approximate surface area is 90.2 Å².